The number of nitrogens with zero attached hydrogens (tertiary/aromatic N) is 1. The first-order valence-corrected chi connectivity index (χ1v) is 8.18. The Balaban J connectivity index is 1.71. The highest BCUT2D eigenvalue weighted by atomic mass is 15.0. The van der Waals surface area contributed by atoms with E-state index >= 15 is 0 Å². The van der Waals surface area contributed by atoms with E-state index in [9.17, 15) is 0 Å². The molecule has 4 aliphatic rings. The predicted molar refractivity (Wildman–Crippen MR) is 77.8 cm³/mol. The molecule has 1 heterocycles. The van der Waals surface area contributed by atoms with Gasteiger partial charge in [0.2, 0.25) is 0 Å². The molecular weight excluding hydrogens is 232 g/mol. The van der Waals surface area contributed by atoms with E-state index in [2.05, 4.69) is 23.6 Å². The third-order valence-electron chi connectivity index (χ3n) is 6.20. The summed E-state index contributed by atoms with van der Waals surface area (Å²) in [5.74, 6) is 4.92. The third kappa shape index (κ3) is 1.72. The summed E-state index contributed by atoms with van der Waals surface area (Å²) in [7, 11) is 0. The van der Waals surface area contributed by atoms with Crippen LogP contribution in [0, 0.1) is 23.7 Å². The molecule has 0 saturated heterocycles. The SMILES string of the molecule is CCn1c(CN)ccc1C1C2CC3CC(C2)CC1C3. The summed E-state index contributed by atoms with van der Waals surface area (Å²) in [5, 5.41) is 0. The lowest BCUT2D eigenvalue weighted by Gasteiger charge is -2.54. The van der Waals surface area contributed by atoms with Crippen LogP contribution in [0.15, 0.2) is 12.1 Å². The molecule has 2 heteroatoms. The van der Waals surface area contributed by atoms with Crippen molar-refractivity contribution in [2.24, 2.45) is 29.4 Å². The highest BCUT2D eigenvalue weighted by Crippen LogP contribution is 2.59. The third-order valence-corrected chi connectivity index (χ3v) is 6.20. The topological polar surface area (TPSA) is 30.9 Å². The molecule has 0 unspecified atom stereocenters. The average Bonchev–Trinajstić information content (AvgIpc) is 2.80. The molecular formula is C17H26N2. The maximum absolute atomic E-state index is 5.89. The molecule has 19 heavy (non-hydrogen) atoms. The largest absolute Gasteiger partial charge is 0.347 e. The van der Waals surface area contributed by atoms with Crippen molar-refractivity contribution in [1.29, 1.82) is 0 Å². The van der Waals surface area contributed by atoms with E-state index in [-0.39, 0.29) is 0 Å². The molecule has 0 amide bonds. The standard InChI is InChI=1S/C17H26N2/c1-2-19-15(10-18)3-4-16(19)17-13-6-11-5-12(8-13)9-14(17)7-11/h3-4,11-14,17H,2,5-10,18H2,1H3. The van der Waals surface area contributed by atoms with E-state index in [1.807, 2.05) is 0 Å². The van der Waals surface area contributed by atoms with E-state index in [1.54, 1.807) is 12.1 Å². The number of rotatable bonds is 3. The molecule has 0 spiro atoms. The van der Waals surface area contributed by atoms with Crippen LogP contribution in [0.2, 0.25) is 0 Å². The Morgan fingerprint density at radius 3 is 2.21 bits per heavy atom. The van der Waals surface area contributed by atoms with Gasteiger partial charge in [0.25, 0.3) is 0 Å². The van der Waals surface area contributed by atoms with Crippen LogP contribution in [0.1, 0.15) is 56.3 Å². The fraction of sp³-hybridized carbons (Fsp3) is 0.765. The predicted octanol–water partition coefficient (Wildman–Crippen LogP) is 3.51. The van der Waals surface area contributed by atoms with Crippen LogP contribution in [-0.2, 0) is 13.1 Å². The van der Waals surface area contributed by atoms with Gasteiger partial charge in [0.15, 0.2) is 0 Å². The Hall–Kier alpha value is -0.760. The first-order valence-electron chi connectivity index (χ1n) is 8.18. The zero-order chi connectivity index (χ0) is 13.0. The number of aromatic nitrogens is 1. The normalized spacial score (nSPS) is 40.0. The molecule has 104 valence electrons. The van der Waals surface area contributed by atoms with Gasteiger partial charge in [-0.1, -0.05) is 0 Å². The molecule has 4 saturated carbocycles. The zero-order valence-corrected chi connectivity index (χ0v) is 12.0. The molecule has 2 nitrogen and oxygen atoms in total. The first-order chi connectivity index (χ1) is 9.30. The van der Waals surface area contributed by atoms with Crippen molar-refractivity contribution >= 4 is 0 Å². The zero-order valence-electron chi connectivity index (χ0n) is 12.0. The number of hydrogen-bond acceptors (Lipinski definition) is 1. The van der Waals surface area contributed by atoms with Crippen LogP contribution >= 0.6 is 0 Å². The van der Waals surface area contributed by atoms with Gasteiger partial charge >= 0.3 is 0 Å². The minimum absolute atomic E-state index is 0.682. The summed E-state index contributed by atoms with van der Waals surface area (Å²) < 4.78 is 2.51. The monoisotopic (exact) mass is 258 g/mol. The highest BCUT2D eigenvalue weighted by Gasteiger charge is 2.49. The van der Waals surface area contributed by atoms with Gasteiger partial charge < -0.3 is 10.3 Å². The number of hydrogen-bond donors (Lipinski definition) is 1. The van der Waals surface area contributed by atoms with Crippen LogP contribution in [0.5, 0.6) is 0 Å². The minimum Gasteiger partial charge on any atom is -0.347 e. The maximum atomic E-state index is 5.89. The quantitative estimate of drug-likeness (QED) is 0.883. The molecule has 4 fully saturated rings. The Morgan fingerprint density at radius 2 is 1.68 bits per heavy atom. The van der Waals surface area contributed by atoms with Crippen molar-refractivity contribution in [1.82, 2.24) is 4.57 Å². The molecule has 1 aromatic heterocycles. The Morgan fingerprint density at radius 1 is 1.05 bits per heavy atom. The van der Waals surface area contributed by atoms with Gasteiger partial charge in [0, 0.05) is 30.4 Å². The second-order valence-corrected chi connectivity index (χ2v) is 7.15. The summed E-state index contributed by atoms with van der Waals surface area (Å²) in [6.45, 7) is 4.03. The lowest BCUT2D eigenvalue weighted by atomic mass is 9.51. The van der Waals surface area contributed by atoms with Crippen LogP contribution < -0.4 is 5.73 Å². The molecule has 0 aliphatic heterocycles. The Bertz CT molecular complexity index is 446. The molecule has 2 N–H and O–H groups in total. The summed E-state index contributed by atoms with van der Waals surface area (Å²) in [6.07, 6.45) is 7.56. The van der Waals surface area contributed by atoms with E-state index in [1.165, 1.54) is 31.4 Å². The van der Waals surface area contributed by atoms with Crippen molar-refractivity contribution in [3.8, 4) is 0 Å². The van der Waals surface area contributed by atoms with E-state index in [0.717, 1.165) is 36.1 Å². The highest BCUT2D eigenvalue weighted by molar-refractivity contribution is 5.24. The molecule has 4 aliphatic carbocycles. The minimum atomic E-state index is 0.682. The summed E-state index contributed by atoms with van der Waals surface area (Å²) >= 11 is 0. The van der Waals surface area contributed by atoms with E-state index in [4.69, 9.17) is 5.73 Å². The summed E-state index contributed by atoms with van der Waals surface area (Å²) in [5.41, 5.74) is 8.83. The van der Waals surface area contributed by atoms with Gasteiger partial charge in [-0.2, -0.15) is 0 Å². The molecule has 0 atom stereocenters. The molecule has 1 aromatic rings. The van der Waals surface area contributed by atoms with Crippen LogP contribution in [0.4, 0.5) is 0 Å². The maximum Gasteiger partial charge on any atom is 0.0334 e. The second-order valence-electron chi connectivity index (χ2n) is 7.15. The fourth-order valence-electron chi connectivity index (χ4n) is 5.79. The smallest absolute Gasteiger partial charge is 0.0334 e. The Labute approximate surface area is 116 Å². The van der Waals surface area contributed by atoms with Gasteiger partial charge in [-0.05, 0) is 74.8 Å². The first kappa shape index (κ1) is 12.0. The van der Waals surface area contributed by atoms with Crippen LogP contribution in [0.3, 0.4) is 0 Å². The van der Waals surface area contributed by atoms with E-state index < -0.39 is 0 Å². The average molecular weight is 258 g/mol. The van der Waals surface area contributed by atoms with Gasteiger partial charge in [-0.15, -0.1) is 0 Å². The van der Waals surface area contributed by atoms with Crippen LogP contribution in [-0.4, -0.2) is 4.57 Å². The van der Waals surface area contributed by atoms with Crippen molar-refractivity contribution < 1.29 is 0 Å². The molecule has 0 radical (unpaired) electrons. The summed E-state index contributed by atoms with van der Waals surface area (Å²) in [4.78, 5) is 0. The van der Waals surface area contributed by atoms with Gasteiger partial charge in [-0.3, -0.25) is 0 Å². The summed E-state index contributed by atoms with van der Waals surface area (Å²) in [6, 6.07) is 4.66. The van der Waals surface area contributed by atoms with Gasteiger partial charge in [-0.25, -0.2) is 0 Å². The van der Waals surface area contributed by atoms with Gasteiger partial charge in [0.05, 0.1) is 0 Å². The fourth-order valence-corrected chi connectivity index (χ4v) is 5.79. The van der Waals surface area contributed by atoms with Crippen molar-refractivity contribution in [2.75, 3.05) is 0 Å². The van der Waals surface area contributed by atoms with Crippen molar-refractivity contribution in [3.63, 3.8) is 0 Å². The lowest BCUT2D eigenvalue weighted by Crippen LogP contribution is -2.44. The molecule has 5 rings (SSSR count). The van der Waals surface area contributed by atoms with Gasteiger partial charge in [0.1, 0.15) is 0 Å². The molecule has 4 bridgehead atoms. The van der Waals surface area contributed by atoms with Crippen molar-refractivity contribution in [3.05, 3.63) is 23.5 Å². The molecule has 0 aromatic carbocycles. The van der Waals surface area contributed by atoms with Crippen molar-refractivity contribution in [2.45, 2.75) is 58.0 Å². The lowest BCUT2D eigenvalue weighted by molar-refractivity contribution is -0.00528. The Kier molecular flexibility index (Phi) is 2.77. The van der Waals surface area contributed by atoms with E-state index in [0.29, 0.717) is 6.54 Å². The van der Waals surface area contributed by atoms with Crippen LogP contribution in [0.25, 0.3) is 0 Å². The number of nitrogens with two attached hydrogens (primary N) is 1. The second kappa shape index (κ2) is 4.37.